The van der Waals surface area contributed by atoms with Gasteiger partial charge in [0.1, 0.15) is 12.4 Å². The molecule has 2 aliphatic heterocycles. The minimum absolute atomic E-state index is 0.0468. The summed E-state index contributed by atoms with van der Waals surface area (Å²) < 4.78 is 10.5. The van der Waals surface area contributed by atoms with Crippen LogP contribution in [0.25, 0.3) is 0 Å². The number of piperidine rings is 1. The molecule has 1 saturated carbocycles. The highest BCUT2D eigenvalue weighted by molar-refractivity contribution is 6.00. The Kier molecular flexibility index (Phi) is 5.39. The Morgan fingerprint density at radius 2 is 1.90 bits per heavy atom. The van der Waals surface area contributed by atoms with Gasteiger partial charge in [0.05, 0.1) is 19.6 Å². The van der Waals surface area contributed by atoms with E-state index < -0.39 is 0 Å². The number of carbonyl (C=O) groups is 1. The molecule has 1 saturated heterocycles. The molecule has 1 aromatic heterocycles. The zero-order valence-electron chi connectivity index (χ0n) is 17.4. The van der Waals surface area contributed by atoms with E-state index in [4.69, 9.17) is 9.47 Å². The Morgan fingerprint density at radius 1 is 1.10 bits per heavy atom. The summed E-state index contributed by atoms with van der Waals surface area (Å²) in [5.74, 6) is 1.62. The highest BCUT2D eigenvalue weighted by atomic mass is 16.5. The summed E-state index contributed by atoms with van der Waals surface area (Å²) in [6, 6.07) is 9.72. The molecule has 2 unspecified atom stereocenters. The van der Waals surface area contributed by atoms with E-state index in [9.17, 15) is 4.79 Å². The van der Waals surface area contributed by atoms with Crippen LogP contribution < -0.4 is 9.64 Å². The Bertz CT molecular complexity index is 917. The van der Waals surface area contributed by atoms with Gasteiger partial charge in [-0.1, -0.05) is 24.3 Å². The molecule has 3 heterocycles. The van der Waals surface area contributed by atoms with Crippen LogP contribution in [0.15, 0.2) is 30.5 Å². The topological polar surface area (TPSA) is 67.8 Å². The van der Waals surface area contributed by atoms with E-state index in [2.05, 4.69) is 39.1 Å². The standard InChI is InChI=1S/C23H28N4O3/c1-29-8-9-30-23-24-12-19-11-21(28)27(22(19)25-23)15-17-4-2-16(3-5-17)13-26-14-18-6-7-20(26)10-18/h2-5,12,18,20H,6-11,13-15H2,1H3. The van der Waals surface area contributed by atoms with Crippen LogP contribution in [0.5, 0.6) is 6.01 Å². The SMILES string of the molecule is COCCOc1ncc2c(n1)N(Cc1ccc(CN3CC4CCC3C4)cc1)C(=O)C2. The smallest absolute Gasteiger partial charge is 0.318 e. The molecule has 1 aliphatic carbocycles. The van der Waals surface area contributed by atoms with Crippen LogP contribution >= 0.6 is 0 Å². The number of nitrogens with zero attached hydrogens (tertiary/aromatic N) is 4. The summed E-state index contributed by atoms with van der Waals surface area (Å²) in [4.78, 5) is 25.6. The maximum Gasteiger partial charge on any atom is 0.318 e. The van der Waals surface area contributed by atoms with E-state index in [1.165, 1.54) is 31.4 Å². The van der Waals surface area contributed by atoms with E-state index in [1.54, 1.807) is 18.2 Å². The van der Waals surface area contributed by atoms with Crippen LogP contribution in [-0.2, 0) is 29.0 Å². The summed E-state index contributed by atoms with van der Waals surface area (Å²) in [6.07, 6.45) is 6.18. The van der Waals surface area contributed by atoms with Gasteiger partial charge in [-0.25, -0.2) is 4.98 Å². The lowest BCUT2D eigenvalue weighted by molar-refractivity contribution is -0.117. The molecule has 7 heteroatoms. The molecule has 158 valence electrons. The van der Waals surface area contributed by atoms with Crippen LogP contribution in [-0.4, -0.2) is 53.7 Å². The fourth-order valence-electron chi connectivity index (χ4n) is 4.95. The lowest BCUT2D eigenvalue weighted by atomic mass is 10.1. The van der Waals surface area contributed by atoms with Crippen molar-refractivity contribution in [2.24, 2.45) is 5.92 Å². The van der Waals surface area contributed by atoms with E-state index in [0.29, 0.717) is 32.0 Å². The first kappa shape index (κ1) is 19.5. The third kappa shape index (κ3) is 3.91. The zero-order valence-corrected chi connectivity index (χ0v) is 17.4. The minimum Gasteiger partial charge on any atom is -0.461 e. The van der Waals surface area contributed by atoms with Gasteiger partial charge < -0.3 is 9.47 Å². The van der Waals surface area contributed by atoms with Crippen LogP contribution in [0.3, 0.4) is 0 Å². The third-order valence-electron chi connectivity index (χ3n) is 6.51. The zero-order chi connectivity index (χ0) is 20.5. The van der Waals surface area contributed by atoms with Gasteiger partial charge in [0, 0.05) is 38.0 Å². The van der Waals surface area contributed by atoms with Crippen molar-refractivity contribution in [3.8, 4) is 6.01 Å². The molecule has 0 N–H and O–H groups in total. The quantitative estimate of drug-likeness (QED) is 0.626. The van der Waals surface area contributed by atoms with Crippen molar-refractivity contribution in [3.63, 3.8) is 0 Å². The fourth-order valence-corrected chi connectivity index (χ4v) is 4.95. The van der Waals surface area contributed by atoms with Gasteiger partial charge in [-0.05, 0) is 36.3 Å². The number of hydrogen-bond acceptors (Lipinski definition) is 6. The largest absolute Gasteiger partial charge is 0.461 e. The lowest BCUT2D eigenvalue weighted by Gasteiger charge is -2.26. The van der Waals surface area contributed by atoms with Crippen LogP contribution in [0, 0.1) is 5.92 Å². The number of likely N-dealkylation sites (tertiary alicyclic amines) is 1. The van der Waals surface area contributed by atoms with E-state index in [1.807, 2.05) is 0 Å². The highest BCUT2D eigenvalue weighted by Gasteiger charge is 2.37. The van der Waals surface area contributed by atoms with E-state index in [-0.39, 0.29) is 11.9 Å². The molecule has 0 spiro atoms. The van der Waals surface area contributed by atoms with Gasteiger partial charge >= 0.3 is 6.01 Å². The van der Waals surface area contributed by atoms with E-state index >= 15 is 0 Å². The predicted octanol–water partition coefficient (Wildman–Crippen LogP) is 2.58. The van der Waals surface area contributed by atoms with Gasteiger partial charge in [-0.3, -0.25) is 14.6 Å². The van der Waals surface area contributed by atoms with Gasteiger partial charge in [0.2, 0.25) is 5.91 Å². The number of amides is 1. The van der Waals surface area contributed by atoms with Gasteiger partial charge in [0.25, 0.3) is 0 Å². The van der Waals surface area contributed by atoms with Gasteiger partial charge in [0.15, 0.2) is 0 Å². The summed E-state index contributed by atoms with van der Waals surface area (Å²) >= 11 is 0. The number of aromatic nitrogens is 2. The number of ether oxygens (including phenoxy) is 2. The first-order valence-electron chi connectivity index (χ1n) is 10.8. The number of benzene rings is 1. The minimum atomic E-state index is 0.0468. The summed E-state index contributed by atoms with van der Waals surface area (Å²) in [6.45, 7) is 3.63. The normalized spacial score (nSPS) is 22.7. The van der Waals surface area contributed by atoms with E-state index in [0.717, 1.165) is 29.6 Å². The molecule has 2 atom stereocenters. The van der Waals surface area contributed by atoms with Crippen molar-refractivity contribution >= 4 is 11.7 Å². The summed E-state index contributed by atoms with van der Waals surface area (Å²) in [5.41, 5.74) is 3.29. The molecule has 5 rings (SSSR count). The molecular weight excluding hydrogens is 380 g/mol. The average molecular weight is 409 g/mol. The van der Waals surface area contributed by atoms with Crippen LogP contribution in [0.2, 0.25) is 0 Å². The van der Waals surface area contributed by atoms with Crippen molar-refractivity contribution < 1.29 is 14.3 Å². The molecule has 2 bridgehead atoms. The van der Waals surface area contributed by atoms with Crippen molar-refractivity contribution in [1.29, 1.82) is 0 Å². The second kappa shape index (κ2) is 8.32. The van der Waals surface area contributed by atoms with Crippen LogP contribution in [0.4, 0.5) is 5.82 Å². The molecule has 30 heavy (non-hydrogen) atoms. The molecule has 3 aliphatic rings. The second-order valence-corrected chi connectivity index (χ2v) is 8.58. The first-order chi connectivity index (χ1) is 14.7. The number of hydrogen-bond donors (Lipinski definition) is 0. The maximum atomic E-state index is 12.6. The Morgan fingerprint density at radius 3 is 2.60 bits per heavy atom. The van der Waals surface area contributed by atoms with Crippen LogP contribution in [0.1, 0.15) is 36.0 Å². The summed E-state index contributed by atoms with van der Waals surface area (Å²) in [5, 5.41) is 0. The Balaban J connectivity index is 1.24. The maximum absolute atomic E-state index is 12.6. The first-order valence-corrected chi connectivity index (χ1v) is 10.8. The second-order valence-electron chi connectivity index (χ2n) is 8.58. The monoisotopic (exact) mass is 408 g/mol. The van der Waals surface area contributed by atoms with Crippen molar-refractivity contribution in [2.75, 3.05) is 31.8 Å². The molecule has 1 aromatic carbocycles. The molecule has 7 nitrogen and oxygen atoms in total. The number of methoxy groups -OCH3 is 1. The molecule has 2 fully saturated rings. The van der Waals surface area contributed by atoms with Gasteiger partial charge in [-0.15, -0.1) is 0 Å². The third-order valence-corrected chi connectivity index (χ3v) is 6.51. The number of rotatable bonds is 8. The molecule has 0 radical (unpaired) electrons. The lowest BCUT2D eigenvalue weighted by Crippen LogP contribution is -2.31. The Hall–Kier alpha value is -2.51. The summed E-state index contributed by atoms with van der Waals surface area (Å²) in [7, 11) is 1.62. The molecule has 2 aromatic rings. The predicted molar refractivity (Wildman–Crippen MR) is 112 cm³/mol. The average Bonchev–Trinajstić information content (AvgIpc) is 3.45. The number of carbonyl (C=O) groups excluding carboxylic acids is 1. The molecular formula is C23H28N4O3. The molecule has 1 amide bonds. The number of fused-ring (bicyclic) bond motifs is 3. The highest BCUT2D eigenvalue weighted by Crippen LogP contribution is 2.38. The number of anilines is 1. The van der Waals surface area contributed by atoms with Crippen molar-refractivity contribution in [1.82, 2.24) is 14.9 Å². The Labute approximate surface area is 177 Å². The van der Waals surface area contributed by atoms with Crippen molar-refractivity contribution in [3.05, 3.63) is 47.2 Å². The van der Waals surface area contributed by atoms with Gasteiger partial charge in [-0.2, -0.15) is 4.98 Å². The van der Waals surface area contributed by atoms with Crippen molar-refractivity contribution in [2.45, 2.75) is 44.8 Å². The fraction of sp³-hybridized carbons (Fsp3) is 0.522.